The third kappa shape index (κ3) is 4.38. The number of carbonyl (C=O) groups excluding carboxylic acids is 1. The zero-order chi connectivity index (χ0) is 25.4. The Bertz CT molecular complexity index is 1620. The first-order valence-electron chi connectivity index (χ1n) is 10.8. The number of hydrogen-bond acceptors (Lipinski definition) is 5. The van der Waals surface area contributed by atoms with Crippen molar-refractivity contribution < 1.29 is 18.0 Å². The lowest BCUT2D eigenvalue weighted by molar-refractivity contribution is -0.137. The third-order valence-electron chi connectivity index (χ3n) is 5.60. The van der Waals surface area contributed by atoms with E-state index < -0.39 is 17.6 Å². The monoisotopic (exact) mass is 505 g/mol. The average Bonchev–Trinajstić information content (AvgIpc) is 3.45. The maximum absolute atomic E-state index is 13.8. The molecule has 0 unspecified atom stereocenters. The predicted octanol–water partition coefficient (Wildman–Crippen LogP) is 6.34. The Kier molecular flexibility index (Phi) is 5.89. The van der Waals surface area contributed by atoms with Gasteiger partial charge in [-0.15, -0.1) is 11.3 Å². The van der Waals surface area contributed by atoms with Crippen molar-refractivity contribution in [1.82, 2.24) is 20.2 Å². The topological polar surface area (TPSA) is 97.6 Å². The van der Waals surface area contributed by atoms with Gasteiger partial charge in [-0.2, -0.15) is 18.3 Å². The highest BCUT2D eigenvalue weighted by Gasteiger charge is 2.36. The van der Waals surface area contributed by atoms with E-state index in [2.05, 4.69) is 20.2 Å². The molecular formula is C26H18F3N5OS. The molecule has 0 radical (unpaired) electrons. The molecule has 0 saturated carbocycles. The summed E-state index contributed by atoms with van der Waals surface area (Å²) < 4.78 is 41.3. The molecule has 6 nitrogen and oxygen atoms in total. The molecular weight excluding hydrogens is 487 g/mol. The minimum absolute atomic E-state index is 0.0768. The first-order valence-corrected chi connectivity index (χ1v) is 11.6. The number of amides is 1. The molecule has 3 aromatic heterocycles. The second kappa shape index (κ2) is 9.04. The summed E-state index contributed by atoms with van der Waals surface area (Å²) in [5.41, 5.74) is 7.51. The molecule has 0 aliphatic rings. The van der Waals surface area contributed by atoms with Crippen molar-refractivity contribution in [1.29, 1.82) is 0 Å². The van der Waals surface area contributed by atoms with Crippen LogP contribution in [0.3, 0.4) is 0 Å². The van der Waals surface area contributed by atoms with E-state index in [1.807, 2.05) is 48.6 Å². The van der Waals surface area contributed by atoms with Crippen LogP contribution in [-0.2, 0) is 6.18 Å². The smallest absolute Gasteiger partial charge is 0.366 e. The summed E-state index contributed by atoms with van der Waals surface area (Å²) in [5, 5.41) is 8.32. The molecule has 180 valence electrons. The van der Waals surface area contributed by atoms with E-state index >= 15 is 0 Å². The van der Waals surface area contributed by atoms with Crippen LogP contribution < -0.4 is 5.73 Å². The van der Waals surface area contributed by atoms with Crippen LogP contribution in [0.15, 0.2) is 60.8 Å². The fraction of sp³-hybridized carbons (Fsp3) is 0.0769. The zero-order valence-corrected chi connectivity index (χ0v) is 19.6. The number of aromatic nitrogens is 4. The van der Waals surface area contributed by atoms with Gasteiger partial charge in [-0.05, 0) is 61.0 Å². The fourth-order valence-electron chi connectivity index (χ4n) is 3.94. The van der Waals surface area contributed by atoms with Gasteiger partial charge in [-0.3, -0.25) is 14.9 Å². The number of primary amides is 1. The van der Waals surface area contributed by atoms with E-state index in [4.69, 9.17) is 5.73 Å². The first-order chi connectivity index (χ1) is 17.2. The summed E-state index contributed by atoms with van der Waals surface area (Å²) in [6.07, 6.45) is 0.752. The van der Waals surface area contributed by atoms with Crippen LogP contribution in [0.1, 0.15) is 33.0 Å². The summed E-state index contributed by atoms with van der Waals surface area (Å²) in [6, 6.07) is 14.6. The molecule has 3 heterocycles. The zero-order valence-electron chi connectivity index (χ0n) is 18.8. The van der Waals surface area contributed by atoms with Gasteiger partial charge in [0.1, 0.15) is 5.01 Å². The normalized spacial score (nSPS) is 12.0. The Morgan fingerprint density at radius 3 is 2.64 bits per heavy atom. The molecule has 0 aliphatic carbocycles. The summed E-state index contributed by atoms with van der Waals surface area (Å²) in [6.45, 7) is 1.72. The number of fused-ring (bicyclic) bond motifs is 1. The van der Waals surface area contributed by atoms with E-state index in [-0.39, 0.29) is 16.1 Å². The van der Waals surface area contributed by atoms with Crippen LogP contribution in [-0.4, -0.2) is 26.1 Å². The second-order valence-electron chi connectivity index (χ2n) is 7.98. The third-order valence-corrected chi connectivity index (χ3v) is 6.82. The Hall–Kier alpha value is -4.31. The van der Waals surface area contributed by atoms with Gasteiger partial charge in [-0.25, -0.2) is 4.98 Å². The molecule has 1 amide bonds. The molecule has 3 N–H and O–H groups in total. The van der Waals surface area contributed by atoms with Crippen molar-refractivity contribution in [2.24, 2.45) is 5.73 Å². The molecule has 5 rings (SSSR count). The number of aryl methyl sites for hydroxylation is 1. The van der Waals surface area contributed by atoms with Crippen LogP contribution in [0, 0.1) is 6.92 Å². The number of nitrogens with two attached hydrogens (primary N) is 1. The molecule has 0 fully saturated rings. The number of aromatic amines is 1. The van der Waals surface area contributed by atoms with Crippen LogP contribution in [0.4, 0.5) is 13.2 Å². The Morgan fingerprint density at radius 1 is 1.08 bits per heavy atom. The minimum atomic E-state index is -4.67. The number of thiazole rings is 1. The molecule has 0 aliphatic heterocycles. The Labute approximate surface area is 207 Å². The van der Waals surface area contributed by atoms with Crippen LogP contribution in [0.25, 0.3) is 44.1 Å². The summed E-state index contributed by atoms with van der Waals surface area (Å²) >= 11 is 1.08. The van der Waals surface area contributed by atoms with Crippen LogP contribution >= 0.6 is 11.3 Å². The number of benzene rings is 2. The number of rotatable bonds is 5. The van der Waals surface area contributed by atoms with E-state index in [9.17, 15) is 18.0 Å². The number of nitrogens with zero attached hydrogens (tertiary/aromatic N) is 3. The quantitative estimate of drug-likeness (QED) is 0.291. The molecule has 10 heteroatoms. The largest absolute Gasteiger partial charge is 0.417 e. The highest BCUT2D eigenvalue weighted by atomic mass is 32.1. The van der Waals surface area contributed by atoms with Gasteiger partial charge >= 0.3 is 6.18 Å². The maximum Gasteiger partial charge on any atom is 0.417 e. The van der Waals surface area contributed by atoms with Crippen molar-refractivity contribution in [3.05, 3.63) is 89.0 Å². The lowest BCUT2D eigenvalue weighted by Crippen LogP contribution is -2.16. The van der Waals surface area contributed by atoms with Crippen LogP contribution in [0.2, 0.25) is 0 Å². The number of pyridine rings is 1. The minimum Gasteiger partial charge on any atom is -0.366 e. The van der Waals surface area contributed by atoms with E-state index in [0.717, 1.165) is 45.3 Å². The van der Waals surface area contributed by atoms with Gasteiger partial charge in [0.2, 0.25) is 5.91 Å². The highest BCUT2D eigenvalue weighted by molar-refractivity contribution is 7.18. The molecule has 0 saturated heterocycles. The summed E-state index contributed by atoms with van der Waals surface area (Å²) in [4.78, 5) is 21.3. The van der Waals surface area contributed by atoms with Gasteiger partial charge < -0.3 is 5.73 Å². The maximum atomic E-state index is 13.8. The number of nitrogens with one attached hydrogen (secondary N) is 1. The molecule has 36 heavy (non-hydrogen) atoms. The Balaban J connectivity index is 1.55. The van der Waals surface area contributed by atoms with Gasteiger partial charge in [0, 0.05) is 22.7 Å². The molecule has 0 spiro atoms. The van der Waals surface area contributed by atoms with Crippen LogP contribution in [0.5, 0.6) is 0 Å². The standard InChI is InChI=1S/C26H18F3N5OS/c1-14-23(36-25(32-14)22-18(24(30)35)6-4-7-19(22)26(27,28)29)15-8-10-17-20(33-34-21(17)13-15)11-9-16-5-2-3-12-31-16/h2-13H,1H3,(H2,30,35)(H,33,34). The Morgan fingerprint density at radius 2 is 1.92 bits per heavy atom. The van der Waals surface area contributed by atoms with E-state index in [1.165, 1.54) is 12.1 Å². The van der Waals surface area contributed by atoms with Gasteiger partial charge in [0.25, 0.3) is 0 Å². The van der Waals surface area contributed by atoms with Crippen molar-refractivity contribution in [3.8, 4) is 21.0 Å². The number of H-pyrrole nitrogens is 1. The van der Waals surface area contributed by atoms with E-state index in [0.29, 0.717) is 10.6 Å². The number of halogens is 3. The van der Waals surface area contributed by atoms with Crippen molar-refractivity contribution in [2.75, 3.05) is 0 Å². The van der Waals surface area contributed by atoms with Gasteiger partial charge in [-0.1, -0.05) is 18.2 Å². The number of alkyl halides is 3. The first kappa shape index (κ1) is 23.4. The average molecular weight is 506 g/mol. The summed E-state index contributed by atoms with van der Waals surface area (Å²) in [7, 11) is 0. The van der Waals surface area contributed by atoms with Gasteiger partial charge in [0.15, 0.2) is 0 Å². The molecule has 0 atom stereocenters. The number of hydrogen-bond donors (Lipinski definition) is 2. The predicted molar refractivity (Wildman–Crippen MR) is 134 cm³/mol. The lowest BCUT2D eigenvalue weighted by atomic mass is 10.0. The fourth-order valence-corrected chi connectivity index (χ4v) is 5.08. The lowest BCUT2D eigenvalue weighted by Gasteiger charge is -2.13. The van der Waals surface area contributed by atoms with Crippen molar-refractivity contribution >= 4 is 40.3 Å². The molecule has 2 aromatic carbocycles. The van der Waals surface area contributed by atoms with Gasteiger partial charge in [0.05, 0.1) is 33.0 Å². The molecule has 0 bridgehead atoms. The van der Waals surface area contributed by atoms with E-state index in [1.54, 1.807) is 13.1 Å². The van der Waals surface area contributed by atoms with Crippen molar-refractivity contribution in [2.45, 2.75) is 13.1 Å². The SMILES string of the molecule is Cc1nc(-c2c(C(N)=O)cccc2C(F)(F)F)sc1-c1ccc2c(C=Cc3ccccn3)n[nH]c2c1. The highest BCUT2D eigenvalue weighted by Crippen LogP contribution is 2.43. The second-order valence-corrected chi connectivity index (χ2v) is 8.98. The molecule has 5 aromatic rings. The van der Waals surface area contributed by atoms with Crippen molar-refractivity contribution in [3.63, 3.8) is 0 Å². The summed E-state index contributed by atoms with van der Waals surface area (Å²) in [5.74, 6) is -0.948. The number of carbonyl (C=O) groups is 1.